The van der Waals surface area contributed by atoms with Crippen molar-refractivity contribution in [3.05, 3.63) is 29.2 Å². The van der Waals surface area contributed by atoms with Crippen molar-refractivity contribution in [3.63, 3.8) is 0 Å². The first kappa shape index (κ1) is 12.6. The normalized spacial score (nSPS) is 22.9. The number of pyridine rings is 1. The molecule has 0 unspecified atom stereocenters. The summed E-state index contributed by atoms with van der Waals surface area (Å²) in [5, 5.41) is 4.96. The van der Waals surface area contributed by atoms with Gasteiger partial charge in [0, 0.05) is 30.1 Å². The summed E-state index contributed by atoms with van der Waals surface area (Å²) in [7, 11) is 0. The number of nitrogens with zero attached hydrogens (tertiary/aromatic N) is 3. The van der Waals surface area contributed by atoms with E-state index in [9.17, 15) is 0 Å². The van der Waals surface area contributed by atoms with Crippen molar-refractivity contribution in [1.29, 1.82) is 0 Å². The van der Waals surface area contributed by atoms with E-state index in [0.717, 1.165) is 55.1 Å². The van der Waals surface area contributed by atoms with Crippen molar-refractivity contribution in [2.24, 2.45) is 0 Å². The van der Waals surface area contributed by atoms with Crippen LogP contribution >= 0.6 is 11.6 Å². The molecule has 0 radical (unpaired) electrons. The second kappa shape index (κ2) is 4.69. The van der Waals surface area contributed by atoms with E-state index in [1.54, 1.807) is 10.8 Å². The fourth-order valence-electron chi connectivity index (χ4n) is 3.31. The second-order valence-electron chi connectivity index (χ2n) is 5.52. The molecule has 1 spiro atoms. The predicted molar refractivity (Wildman–Crippen MR) is 73.8 cm³/mol. The molecule has 106 valence electrons. The highest BCUT2D eigenvalue weighted by Gasteiger charge is 2.40. The lowest BCUT2D eigenvalue weighted by molar-refractivity contribution is -0.178. The van der Waals surface area contributed by atoms with E-state index in [1.807, 2.05) is 12.3 Å². The average molecular weight is 294 g/mol. The van der Waals surface area contributed by atoms with Crippen molar-refractivity contribution >= 4 is 17.2 Å². The molecule has 3 heterocycles. The van der Waals surface area contributed by atoms with Crippen LogP contribution in [0.4, 0.5) is 0 Å². The Morgan fingerprint density at radius 1 is 1.25 bits per heavy atom. The minimum absolute atomic E-state index is 0.319. The monoisotopic (exact) mass is 293 g/mol. The number of aromatic nitrogens is 3. The van der Waals surface area contributed by atoms with Crippen molar-refractivity contribution < 1.29 is 9.47 Å². The van der Waals surface area contributed by atoms with Gasteiger partial charge in [0.05, 0.1) is 13.2 Å². The molecule has 20 heavy (non-hydrogen) atoms. The van der Waals surface area contributed by atoms with Crippen LogP contribution in [0.15, 0.2) is 18.6 Å². The maximum atomic E-state index is 6.40. The zero-order valence-corrected chi connectivity index (χ0v) is 11.8. The van der Waals surface area contributed by atoms with Crippen LogP contribution in [0.5, 0.6) is 0 Å². The van der Waals surface area contributed by atoms with Crippen LogP contribution in [0.2, 0.25) is 5.02 Å². The molecule has 0 N–H and O–H groups in total. The van der Waals surface area contributed by atoms with Crippen LogP contribution in [-0.2, 0) is 9.47 Å². The van der Waals surface area contributed by atoms with Crippen LogP contribution in [0, 0.1) is 0 Å². The van der Waals surface area contributed by atoms with Gasteiger partial charge in [-0.1, -0.05) is 11.6 Å². The van der Waals surface area contributed by atoms with Gasteiger partial charge in [0.1, 0.15) is 6.33 Å². The van der Waals surface area contributed by atoms with Gasteiger partial charge in [-0.2, -0.15) is 5.10 Å². The zero-order valence-electron chi connectivity index (χ0n) is 11.1. The Labute approximate surface area is 121 Å². The van der Waals surface area contributed by atoms with E-state index in [2.05, 4.69) is 10.1 Å². The molecule has 2 aliphatic rings. The summed E-state index contributed by atoms with van der Waals surface area (Å²) in [5.41, 5.74) is 1.94. The summed E-state index contributed by atoms with van der Waals surface area (Å²) in [6, 6.07) is 1.89. The smallest absolute Gasteiger partial charge is 0.168 e. The molecule has 4 rings (SSSR count). The second-order valence-corrected chi connectivity index (χ2v) is 5.93. The molecule has 0 aromatic carbocycles. The molecule has 1 aliphatic heterocycles. The van der Waals surface area contributed by atoms with Crippen molar-refractivity contribution in [3.8, 4) is 0 Å². The molecule has 2 aromatic rings. The third-order valence-electron chi connectivity index (χ3n) is 4.39. The number of fused-ring (bicyclic) bond motifs is 1. The van der Waals surface area contributed by atoms with Crippen LogP contribution in [0.3, 0.4) is 0 Å². The lowest BCUT2D eigenvalue weighted by Crippen LogP contribution is -2.34. The number of hydrogen-bond donors (Lipinski definition) is 0. The van der Waals surface area contributed by atoms with Crippen molar-refractivity contribution in [2.45, 2.75) is 37.4 Å². The standard InChI is InChI=1S/C14H16ClN3O2/c15-12-7-13-16-9-17-18(13)8-11(12)10-1-3-14(4-2-10)19-5-6-20-14/h7-10H,1-6H2. The van der Waals surface area contributed by atoms with Crippen LogP contribution in [0.1, 0.15) is 37.2 Å². The molecular weight excluding hydrogens is 278 g/mol. The highest BCUT2D eigenvalue weighted by molar-refractivity contribution is 6.31. The Hall–Kier alpha value is -1.17. The summed E-state index contributed by atoms with van der Waals surface area (Å²) in [6.07, 6.45) is 7.47. The van der Waals surface area contributed by atoms with E-state index in [4.69, 9.17) is 21.1 Å². The van der Waals surface area contributed by atoms with E-state index in [-0.39, 0.29) is 5.79 Å². The summed E-state index contributed by atoms with van der Waals surface area (Å²) < 4.78 is 13.3. The Morgan fingerprint density at radius 2 is 2.00 bits per heavy atom. The van der Waals surface area contributed by atoms with Gasteiger partial charge in [-0.25, -0.2) is 9.50 Å². The van der Waals surface area contributed by atoms with Gasteiger partial charge in [-0.3, -0.25) is 0 Å². The number of halogens is 1. The average Bonchev–Trinajstić information content (AvgIpc) is 3.08. The number of ether oxygens (including phenoxy) is 2. The number of rotatable bonds is 1. The first-order valence-electron chi connectivity index (χ1n) is 7.02. The molecule has 0 bridgehead atoms. The molecule has 5 nitrogen and oxygen atoms in total. The third-order valence-corrected chi connectivity index (χ3v) is 4.72. The van der Waals surface area contributed by atoms with Gasteiger partial charge in [0.15, 0.2) is 11.4 Å². The maximum Gasteiger partial charge on any atom is 0.168 e. The third kappa shape index (κ3) is 2.01. The minimum Gasteiger partial charge on any atom is -0.348 e. The first-order chi connectivity index (χ1) is 9.76. The Morgan fingerprint density at radius 3 is 2.75 bits per heavy atom. The molecule has 6 heteroatoms. The van der Waals surface area contributed by atoms with Gasteiger partial charge in [0.25, 0.3) is 0 Å². The molecule has 1 saturated carbocycles. The summed E-state index contributed by atoms with van der Waals surface area (Å²) in [6.45, 7) is 1.44. The van der Waals surface area contributed by atoms with Gasteiger partial charge >= 0.3 is 0 Å². The topological polar surface area (TPSA) is 48.7 Å². The molecule has 2 fully saturated rings. The molecule has 1 aliphatic carbocycles. The van der Waals surface area contributed by atoms with E-state index < -0.39 is 0 Å². The molecule has 1 saturated heterocycles. The Balaban J connectivity index is 1.59. The molecule has 2 aromatic heterocycles. The first-order valence-corrected chi connectivity index (χ1v) is 7.40. The quantitative estimate of drug-likeness (QED) is 0.811. The SMILES string of the molecule is Clc1cc2ncnn2cc1C1CCC2(CC1)OCCO2. The van der Waals surface area contributed by atoms with Crippen molar-refractivity contribution in [2.75, 3.05) is 13.2 Å². The van der Waals surface area contributed by atoms with E-state index in [0.29, 0.717) is 5.92 Å². The highest BCUT2D eigenvalue weighted by atomic mass is 35.5. The summed E-state index contributed by atoms with van der Waals surface area (Å²) in [4.78, 5) is 4.15. The van der Waals surface area contributed by atoms with Crippen LogP contribution in [0.25, 0.3) is 5.65 Å². The molecule has 0 amide bonds. The predicted octanol–water partition coefficient (Wildman–Crippen LogP) is 2.78. The minimum atomic E-state index is -0.319. The summed E-state index contributed by atoms with van der Waals surface area (Å²) in [5.74, 6) is 0.120. The van der Waals surface area contributed by atoms with E-state index >= 15 is 0 Å². The van der Waals surface area contributed by atoms with Gasteiger partial charge in [-0.15, -0.1) is 0 Å². The molecular formula is C14H16ClN3O2. The zero-order chi connectivity index (χ0) is 13.6. The van der Waals surface area contributed by atoms with Crippen LogP contribution in [-0.4, -0.2) is 33.6 Å². The fourth-order valence-corrected chi connectivity index (χ4v) is 3.61. The number of hydrogen-bond acceptors (Lipinski definition) is 4. The van der Waals surface area contributed by atoms with Gasteiger partial charge in [0.2, 0.25) is 0 Å². The molecule has 0 atom stereocenters. The lowest BCUT2D eigenvalue weighted by atomic mass is 9.81. The highest BCUT2D eigenvalue weighted by Crippen LogP contribution is 2.43. The maximum absolute atomic E-state index is 6.40. The van der Waals surface area contributed by atoms with E-state index in [1.165, 1.54) is 0 Å². The fraction of sp³-hybridized carbons (Fsp3) is 0.571. The van der Waals surface area contributed by atoms with Crippen LogP contribution < -0.4 is 0 Å². The largest absolute Gasteiger partial charge is 0.348 e. The Kier molecular flexibility index (Phi) is 2.94. The summed E-state index contributed by atoms with van der Waals surface area (Å²) >= 11 is 6.40. The Bertz CT molecular complexity index is 626. The lowest BCUT2D eigenvalue weighted by Gasteiger charge is -2.35. The van der Waals surface area contributed by atoms with Gasteiger partial charge < -0.3 is 9.47 Å². The van der Waals surface area contributed by atoms with Gasteiger partial charge in [-0.05, 0) is 24.3 Å². The van der Waals surface area contributed by atoms with Crippen molar-refractivity contribution in [1.82, 2.24) is 14.6 Å².